The first-order valence-corrected chi connectivity index (χ1v) is 19.5. The van der Waals surface area contributed by atoms with E-state index in [9.17, 15) is 54.3 Å². The number of rotatable bonds is 10. The Morgan fingerprint density at radius 2 is 1.82 bits per heavy atom. The molecule has 3 fully saturated rings. The lowest BCUT2D eigenvalue weighted by atomic mass is 9.63. The number of imide groups is 1. The summed E-state index contributed by atoms with van der Waals surface area (Å²) in [6, 6.07) is 9.24. The second kappa shape index (κ2) is 15.5. The maximum absolute atomic E-state index is 14.0. The number of ether oxygens (including phenoxy) is 3. The SMILES string of the molecule is CCSC1CC(=O)N(c2cccc(C(=O)NC3CC(OC4CC(O)(C(=O)CO)CC5=C(O)C6=C(C(=O)c7c(OC)cccc7C6=O)C(O)C54)OC(C)C3O)c2)C1=O. The summed E-state index contributed by atoms with van der Waals surface area (Å²) in [6.45, 7) is 2.32. The molecule has 0 aromatic heterocycles. The molecule has 9 atom stereocenters. The van der Waals surface area contributed by atoms with Gasteiger partial charge in [0.2, 0.25) is 11.8 Å². The number of fused-ring (bicyclic) bond motifs is 2. The maximum atomic E-state index is 14.0. The Balaban J connectivity index is 1.16. The van der Waals surface area contributed by atoms with Gasteiger partial charge in [0.15, 0.2) is 23.6 Å². The van der Waals surface area contributed by atoms with Crippen LogP contribution in [-0.4, -0.2) is 128 Å². The van der Waals surface area contributed by atoms with Gasteiger partial charge in [0.25, 0.3) is 5.91 Å². The minimum atomic E-state index is -2.34. The molecule has 7 rings (SSSR count). The molecule has 1 saturated carbocycles. The van der Waals surface area contributed by atoms with Gasteiger partial charge >= 0.3 is 0 Å². The fraction of sp³-hybridized carbons (Fsp3) is 0.450. The van der Waals surface area contributed by atoms with Crippen LogP contribution in [0.15, 0.2) is 64.9 Å². The van der Waals surface area contributed by atoms with Gasteiger partial charge in [0.1, 0.15) is 29.8 Å². The molecule has 2 aliphatic heterocycles. The molecule has 2 heterocycles. The molecule has 16 nitrogen and oxygen atoms in total. The smallest absolute Gasteiger partial charge is 0.251 e. The first-order valence-electron chi connectivity index (χ1n) is 18.5. The minimum absolute atomic E-state index is 0.0402. The lowest BCUT2D eigenvalue weighted by molar-refractivity contribution is -0.257. The van der Waals surface area contributed by atoms with Crippen molar-refractivity contribution >= 4 is 52.5 Å². The average Bonchev–Trinajstić information content (AvgIpc) is 3.47. The number of ketones is 3. The Hall–Kier alpha value is -4.75. The number of thioether (sulfide) groups is 1. The van der Waals surface area contributed by atoms with Crippen LogP contribution in [0, 0.1) is 5.92 Å². The van der Waals surface area contributed by atoms with Crippen LogP contribution in [0.25, 0.3) is 0 Å². The van der Waals surface area contributed by atoms with E-state index in [4.69, 9.17) is 14.2 Å². The second-order valence-corrected chi connectivity index (χ2v) is 16.2. The van der Waals surface area contributed by atoms with Gasteiger partial charge in [-0.3, -0.25) is 28.8 Å². The minimum Gasteiger partial charge on any atom is -0.507 e. The van der Waals surface area contributed by atoms with Crippen molar-refractivity contribution in [3.8, 4) is 5.75 Å². The molecule has 17 heteroatoms. The number of nitrogens with zero attached hydrogens (tertiary/aromatic N) is 1. The largest absolute Gasteiger partial charge is 0.507 e. The van der Waals surface area contributed by atoms with Crippen molar-refractivity contribution in [2.75, 3.05) is 24.4 Å². The number of Topliss-reactive ketones (excluding diaryl/α,β-unsaturated/α-hetero) is 3. The summed E-state index contributed by atoms with van der Waals surface area (Å²) >= 11 is 1.36. The number of methoxy groups -OCH3 is 1. The Labute approximate surface area is 330 Å². The van der Waals surface area contributed by atoms with E-state index in [1.54, 1.807) is 6.07 Å². The summed E-state index contributed by atoms with van der Waals surface area (Å²) < 4.78 is 17.6. The number of nitrogens with one attached hydrogen (secondary N) is 1. The average molecular weight is 807 g/mol. The van der Waals surface area contributed by atoms with Crippen LogP contribution in [0.5, 0.6) is 5.75 Å². The highest BCUT2D eigenvalue weighted by atomic mass is 32.2. The maximum Gasteiger partial charge on any atom is 0.251 e. The molecule has 3 amide bonds. The van der Waals surface area contributed by atoms with Gasteiger partial charge in [-0.1, -0.05) is 25.1 Å². The summed E-state index contributed by atoms with van der Waals surface area (Å²) in [5.41, 5.74) is -3.29. The number of aliphatic hydroxyl groups is 5. The summed E-state index contributed by atoms with van der Waals surface area (Å²) in [5, 5.41) is 58.3. The highest BCUT2D eigenvalue weighted by molar-refractivity contribution is 8.00. The van der Waals surface area contributed by atoms with Crippen LogP contribution in [-0.2, 0) is 23.9 Å². The number of hydrogen-bond donors (Lipinski definition) is 6. The molecule has 0 spiro atoms. The fourth-order valence-corrected chi connectivity index (χ4v) is 9.44. The molecular weight excluding hydrogens is 765 g/mol. The Morgan fingerprint density at radius 3 is 2.53 bits per heavy atom. The van der Waals surface area contributed by atoms with Crippen molar-refractivity contribution in [1.82, 2.24) is 5.32 Å². The molecule has 2 aromatic rings. The van der Waals surface area contributed by atoms with Crippen LogP contribution in [0.3, 0.4) is 0 Å². The highest BCUT2D eigenvalue weighted by Crippen LogP contribution is 2.50. The Kier molecular flexibility index (Phi) is 11.0. The third-order valence-corrected chi connectivity index (χ3v) is 12.4. The number of aliphatic hydroxyl groups excluding tert-OH is 4. The van der Waals surface area contributed by atoms with Crippen LogP contribution < -0.4 is 15.0 Å². The molecule has 302 valence electrons. The zero-order valence-electron chi connectivity index (χ0n) is 31.2. The van der Waals surface area contributed by atoms with E-state index in [2.05, 4.69) is 5.32 Å². The topological polar surface area (TPSA) is 247 Å². The van der Waals surface area contributed by atoms with E-state index >= 15 is 0 Å². The van der Waals surface area contributed by atoms with Crippen molar-refractivity contribution in [2.24, 2.45) is 5.92 Å². The Morgan fingerprint density at radius 1 is 1.09 bits per heavy atom. The van der Waals surface area contributed by atoms with Gasteiger partial charge in [-0.15, -0.1) is 11.8 Å². The summed E-state index contributed by atoms with van der Waals surface area (Å²) in [4.78, 5) is 81.2. The molecule has 57 heavy (non-hydrogen) atoms. The van der Waals surface area contributed by atoms with Crippen molar-refractivity contribution in [3.63, 3.8) is 0 Å². The quantitative estimate of drug-likeness (QED) is 0.186. The predicted molar refractivity (Wildman–Crippen MR) is 201 cm³/mol. The summed E-state index contributed by atoms with van der Waals surface area (Å²) in [6.07, 6.45) is -8.01. The molecule has 2 aromatic carbocycles. The zero-order valence-corrected chi connectivity index (χ0v) is 32.0. The number of benzene rings is 2. The molecule has 3 aliphatic carbocycles. The van der Waals surface area contributed by atoms with Gasteiger partial charge in [0, 0.05) is 48.3 Å². The lowest BCUT2D eigenvalue weighted by Crippen LogP contribution is -2.59. The van der Waals surface area contributed by atoms with Crippen LogP contribution in [0.2, 0.25) is 0 Å². The standard InChI is InChI=1S/C40H42N2O14S/c1-4-57-25-13-27(45)42(39(25)52)19-8-5-7-18(11-19)38(51)41-22-12-28(55-17(2)33(22)46)56-24-15-40(53,26(44)16-43)14-21-30(24)37(50)32-31(35(21)48)34(47)20-9-6-10-23(54-3)29(20)36(32)49/h5-11,17,22,24-25,28,30,33,37,43,46,48,50,53H,4,12-16H2,1-3H3,(H,41,51). The zero-order chi connectivity index (χ0) is 41.1. The number of allylic oxidation sites excluding steroid dienone is 1. The monoisotopic (exact) mass is 806 g/mol. The molecule has 0 radical (unpaired) electrons. The molecule has 6 N–H and O–H groups in total. The molecular formula is C40H42N2O14S. The number of anilines is 1. The normalized spacial score (nSPS) is 31.2. The molecule has 0 bridgehead atoms. The molecule has 5 aliphatic rings. The number of amides is 3. The van der Waals surface area contributed by atoms with Crippen LogP contribution in [0.1, 0.15) is 70.6 Å². The third-order valence-electron chi connectivity index (χ3n) is 11.3. The van der Waals surface area contributed by atoms with Crippen molar-refractivity contribution in [2.45, 2.75) is 87.1 Å². The van der Waals surface area contributed by atoms with Crippen molar-refractivity contribution in [3.05, 3.63) is 81.6 Å². The van der Waals surface area contributed by atoms with E-state index in [0.29, 0.717) is 5.75 Å². The third kappa shape index (κ3) is 6.90. The summed E-state index contributed by atoms with van der Waals surface area (Å²) in [7, 11) is 1.31. The van der Waals surface area contributed by atoms with E-state index in [1.165, 1.54) is 62.2 Å². The number of carbonyl (C=O) groups excluding carboxylic acids is 6. The van der Waals surface area contributed by atoms with Gasteiger partial charge in [0.05, 0.1) is 53.5 Å². The van der Waals surface area contributed by atoms with Crippen LogP contribution in [0.4, 0.5) is 5.69 Å². The van der Waals surface area contributed by atoms with Gasteiger partial charge in [-0.05, 0) is 42.5 Å². The number of carbonyl (C=O) groups is 6. The fourth-order valence-electron chi connectivity index (χ4n) is 8.53. The highest BCUT2D eigenvalue weighted by Gasteiger charge is 2.56. The second-order valence-electron chi connectivity index (χ2n) is 14.7. The number of hydrogen-bond acceptors (Lipinski definition) is 15. The van der Waals surface area contributed by atoms with Crippen LogP contribution >= 0.6 is 11.8 Å². The van der Waals surface area contributed by atoms with Gasteiger partial charge in [-0.2, -0.15) is 0 Å². The van der Waals surface area contributed by atoms with E-state index in [1.807, 2.05) is 6.92 Å². The first kappa shape index (κ1) is 40.4. The molecule has 9 unspecified atom stereocenters. The van der Waals surface area contributed by atoms with E-state index in [-0.39, 0.29) is 52.4 Å². The van der Waals surface area contributed by atoms with Gasteiger partial charge < -0.3 is 45.1 Å². The lowest BCUT2D eigenvalue weighted by Gasteiger charge is -2.48. The first-order chi connectivity index (χ1) is 27.1. The van der Waals surface area contributed by atoms with Crippen molar-refractivity contribution in [1.29, 1.82) is 0 Å². The van der Waals surface area contributed by atoms with Gasteiger partial charge in [-0.25, -0.2) is 4.90 Å². The van der Waals surface area contributed by atoms with Crippen molar-refractivity contribution < 1.29 is 68.5 Å². The predicted octanol–water partition coefficient (Wildman–Crippen LogP) is 1.32. The Bertz CT molecular complexity index is 2130. The summed E-state index contributed by atoms with van der Waals surface area (Å²) in [5.74, 6) is -5.33. The van der Waals surface area contributed by atoms with E-state index < -0.39 is 119 Å². The van der Waals surface area contributed by atoms with E-state index in [0.717, 1.165) is 4.90 Å². The molecule has 2 saturated heterocycles.